The number of alkyl carbamates (subject to hydrolysis) is 1. The molecule has 0 atom stereocenters. The van der Waals surface area contributed by atoms with Gasteiger partial charge >= 0.3 is 6.09 Å². The van der Waals surface area contributed by atoms with Gasteiger partial charge in [0, 0.05) is 0 Å². The minimum atomic E-state index is -0.643. The molecule has 1 rings (SSSR count). The topological polar surface area (TPSA) is 72.5 Å². The molecule has 6 nitrogen and oxygen atoms in total. The van der Waals surface area contributed by atoms with Crippen LogP contribution in [0.2, 0.25) is 5.15 Å². The van der Waals surface area contributed by atoms with Gasteiger partial charge in [0.05, 0.1) is 13.7 Å². The van der Waals surface area contributed by atoms with Crippen molar-refractivity contribution in [2.45, 2.75) is 6.92 Å². The van der Waals surface area contributed by atoms with Crippen LogP contribution in [0.5, 0.6) is 5.75 Å². The van der Waals surface area contributed by atoms with Gasteiger partial charge in [-0.25, -0.2) is 9.78 Å². The third kappa shape index (κ3) is 4.34. The Labute approximate surface area is 115 Å². The SMILES string of the molecule is CCOC(=O)NC(=S)Nc1nc(Cl)ccc1OC. The van der Waals surface area contributed by atoms with Crippen molar-refractivity contribution in [2.24, 2.45) is 0 Å². The number of nitrogens with one attached hydrogen (secondary N) is 2. The summed E-state index contributed by atoms with van der Waals surface area (Å²) >= 11 is 10.7. The first kappa shape index (κ1) is 14.5. The summed E-state index contributed by atoms with van der Waals surface area (Å²) < 4.78 is 9.74. The number of methoxy groups -OCH3 is 1. The summed E-state index contributed by atoms with van der Waals surface area (Å²) in [6.07, 6.45) is -0.643. The summed E-state index contributed by atoms with van der Waals surface area (Å²) in [4.78, 5) is 15.1. The van der Waals surface area contributed by atoms with Crippen molar-refractivity contribution < 1.29 is 14.3 Å². The second kappa shape index (κ2) is 6.97. The summed E-state index contributed by atoms with van der Waals surface area (Å²) in [5, 5.41) is 5.33. The minimum absolute atomic E-state index is 0.0431. The van der Waals surface area contributed by atoms with Crippen LogP contribution in [0.1, 0.15) is 6.92 Å². The number of halogens is 1. The number of anilines is 1. The lowest BCUT2D eigenvalue weighted by Gasteiger charge is -2.11. The number of carbonyl (C=O) groups excluding carboxylic acids is 1. The fraction of sp³-hybridized carbons (Fsp3) is 0.300. The highest BCUT2D eigenvalue weighted by molar-refractivity contribution is 7.80. The van der Waals surface area contributed by atoms with Gasteiger partial charge in [-0.15, -0.1) is 0 Å². The van der Waals surface area contributed by atoms with Gasteiger partial charge in [-0.1, -0.05) is 11.6 Å². The fourth-order valence-corrected chi connectivity index (χ4v) is 1.40. The molecular weight excluding hydrogens is 278 g/mol. The number of aromatic nitrogens is 1. The molecule has 0 spiro atoms. The molecule has 0 saturated heterocycles. The van der Waals surface area contributed by atoms with Gasteiger partial charge in [-0.05, 0) is 31.3 Å². The van der Waals surface area contributed by atoms with Gasteiger partial charge in [-0.2, -0.15) is 0 Å². The van der Waals surface area contributed by atoms with E-state index in [0.29, 0.717) is 11.6 Å². The highest BCUT2D eigenvalue weighted by atomic mass is 35.5. The van der Waals surface area contributed by atoms with Crippen molar-refractivity contribution in [1.82, 2.24) is 10.3 Å². The lowest BCUT2D eigenvalue weighted by atomic mass is 10.4. The van der Waals surface area contributed by atoms with Crippen molar-refractivity contribution in [3.8, 4) is 5.75 Å². The van der Waals surface area contributed by atoms with E-state index >= 15 is 0 Å². The van der Waals surface area contributed by atoms with Crippen molar-refractivity contribution >= 4 is 40.8 Å². The van der Waals surface area contributed by atoms with Gasteiger partial charge in [0.25, 0.3) is 0 Å². The number of amides is 1. The maximum absolute atomic E-state index is 11.1. The number of nitrogens with zero attached hydrogens (tertiary/aromatic N) is 1. The quantitative estimate of drug-likeness (QED) is 0.656. The molecule has 0 unspecified atom stereocenters. The molecule has 1 amide bonds. The average Bonchev–Trinajstić information content (AvgIpc) is 2.29. The maximum atomic E-state index is 11.1. The largest absolute Gasteiger partial charge is 0.493 e. The molecule has 0 aliphatic rings. The van der Waals surface area contributed by atoms with Crippen LogP contribution in [0.15, 0.2) is 12.1 Å². The third-order valence-electron chi connectivity index (χ3n) is 1.77. The molecule has 2 N–H and O–H groups in total. The Kier molecular flexibility index (Phi) is 5.60. The highest BCUT2D eigenvalue weighted by Crippen LogP contribution is 2.23. The monoisotopic (exact) mass is 289 g/mol. The summed E-state index contributed by atoms with van der Waals surface area (Å²) in [6, 6.07) is 3.21. The molecule has 8 heteroatoms. The molecule has 0 radical (unpaired) electrons. The number of hydrogen-bond acceptors (Lipinski definition) is 5. The van der Waals surface area contributed by atoms with Crippen molar-refractivity contribution in [1.29, 1.82) is 0 Å². The Morgan fingerprint density at radius 1 is 1.56 bits per heavy atom. The van der Waals surface area contributed by atoms with Crippen LogP contribution in [0.3, 0.4) is 0 Å². The van der Waals surface area contributed by atoms with Gasteiger partial charge in [0.1, 0.15) is 5.15 Å². The fourth-order valence-electron chi connectivity index (χ4n) is 1.08. The summed E-state index contributed by atoms with van der Waals surface area (Å²) in [5.74, 6) is 0.763. The zero-order valence-electron chi connectivity index (χ0n) is 9.82. The standard InChI is InChI=1S/C10H12ClN3O3S/c1-3-17-10(15)14-9(18)13-8-6(16-2)4-5-7(11)12-8/h4-5H,3H2,1-2H3,(H2,12,13,14,15,18). The molecule has 0 aromatic carbocycles. The highest BCUT2D eigenvalue weighted by Gasteiger charge is 2.10. The van der Waals surface area contributed by atoms with Crippen LogP contribution < -0.4 is 15.4 Å². The van der Waals surface area contributed by atoms with Gasteiger partial charge in [0.2, 0.25) is 0 Å². The second-order valence-electron chi connectivity index (χ2n) is 2.98. The van der Waals surface area contributed by atoms with Crippen LogP contribution >= 0.6 is 23.8 Å². The molecule has 1 heterocycles. The van der Waals surface area contributed by atoms with E-state index in [1.54, 1.807) is 19.1 Å². The summed E-state index contributed by atoms with van der Waals surface area (Å²) in [7, 11) is 1.48. The van der Waals surface area contributed by atoms with E-state index in [9.17, 15) is 4.79 Å². The zero-order valence-corrected chi connectivity index (χ0v) is 11.4. The predicted molar refractivity (Wildman–Crippen MR) is 72.2 cm³/mol. The number of ether oxygens (including phenoxy) is 2. The smallest absolute Gasteiger partial charge is 0.413 e. The van der Waals surface area contributed by atoms with Crippen molar-refractivity contribution in [3.63, 3.8) is 0 Å². The van der Waals surface area contributed by atoms with E-state index in [2.05, 4.69) is 20.4 Å². The first-order valence-corrected chi connectivity index (χ1v) is 5.80. The number of carbonyl (C=O) groups is 1. The molecule has 18 heavy (non-hydrogen) atoms. The van der Waals surface area contributed by atoms with E-state index in [1.165, 1.54) is 7.11 Å². The molecule has 1 aromatic heterocycles. The van der Waals surface area contributed by atoms with E-state index < -0.39 is 6.09 Å². The Bertz CT molecular complexity index is 456. The predicted octanol–water partition coefficient (Wildman–Crippen LogP) is 2.19. The Morgan fingerprint density at radius 2 is 2.28 bits per heavy atom. The molecule has 0 saturated carbocycles. The van der Waals surface area contributed by atoms with Crippen LogP contribution in [-0.4, -0.2) is 29.9 Å². The second-order valence-corrected chi connectivity index (χ2v) is 3.78. The van der Waals surface area contributed by atoms with Crippen LogP contribution in [-0.2, 0) is 4.74 Å². The maximum Gasteiger partial charge on any atom is 0.413 e. The van der Waals surface area contributed by atoms with Crippen molar-refractivity contribution in [2.75, 3.05) is 19.0 Å². The zero-order chi connectivity index (χ0) is 13.5. The third-order valence-corrected chi connectivity index (χ3v) is 2.18. The Balaban J connectivity index is 2.69. The number of rotatable bonds is 3. The lowest BCUT2D eigenvalue weighted by molar-refractivity contribution is 0.158. The molecule has 1 aromatic rings. The Morgan fingerprint density at radius 3 is 2.89 bits per heavy atom. The number of pyridine rings is 1. The van der Waals surface area contributed by atoms with Crippen LogP contribution in [0, 0.1) is 0 Å². The van der Waals surface area contributed by atoms with E-state index in [4.69, 9.17) is 28.6 Å². The van der Waals surface area contributed by atoms with Gasteiger partial charge in [0.15, 0.2) is 16.7 Å². The van der Waals surface area contributed by atoms with Gasteiger partial charge < -0.3 is 14.8 Å². The lowest BCUT2D eigenvalue weighted by Crippen LogP contribution is -2.34. The number of thiocarbonyl (C=S) groups is 1. The van der Waals surface area contributed by atoms with E-state index in [0.717, 1.165) is 0 Å². The molecular formula is C10H12ClN3O3S. The van der Waals surface area contributed by atoms with E-state index in [1.807, 2.05) is 0 Å². The van der Waals surface area contributed by atoms with Gasteiger partial charge in [-0.3, -0.25) is 5.32 Å². The normalized spacial score (nSPS) is 9.50. The molecule has 0 bridgehead atoms. The summed E-state index contributed by atoms with van der Waals surface area (Å²) in [5.41, 5.74) is 0. The molecule has 98 valence electrons. The minimum Gasteiger partial charge on any atom is -0.493 e. The molecule has 0 aliphatic carbocycles. The number of hydrogen-bond donors (Lipinski definition) is 2. The Hall–Kier alpha value is -1.60. The first-order valence-electron chi connectivity index (χ1n) is 5.02. The van der Waals surface area contributed by atoms with Crippen LogP contribution in [0.4, 0.5) is 10.6 Å². The van der Waals surface area contributed by atoms with Crippen molar-refractivity contribution in [3.05, 3.63) is 17.3 Å². The molecule has 0 aliphatic heterocycles. The van der Waals surface area contributed by atoms with E-state index in [-0.39, 0.29) is 16.9 Å². The molecule has 0 fully saturated rings. The summed E-state index contributed by atoms with van der Waals surface area (Å²) in [6.45, 7) is 1.95. The first-order chi connectivity index (χ1) is 8.56. The van der Waals surface area contributed by atoms with Crippen LogP contribution in [0.25, 0.3) is 0 Å². The average molecular weight is 290 g/mol.